The van der Waals surface area contributed by atoms with Gasteiger partial charge in [0.15, 0.2) is 0 Å². The van der Waals surface area contributed by atoms with Crippen LogP contribution in [0.15, 0.2) is 48.5 Å². The molecule has 5 N–H and O–H groups in total. The number of hydrogen-bond donors (Lipinski definition) is 3. The van der Waals surface area contributed by atoms with E-state index in [4.69, 9.17) is 16.3 Å². The maximum atomic E-state index is 12.2. The summed E-state index contributed by atoms with van der Waals surface area (Å²) in [6.45, 7) is 2.59. The number of amides is 2. The largest absolute Gasteiger partial charge is 0.494 e. The lowest BCUT2D eigenvalue weighted by molar-refractivity contribution is -0.122. The number of para-hydroxylation sites is 1. The zero-order chi connectivity index (χ0) is 18.2. The molecular weight excluding hydrogens is 320 g/mol. The maximum absolute atomic E-state index is 12.2. The first kappa shape index (κ1) is 18.3. The average Bonchev–Trinajstić information content (AvgIpc) is 2.61. The van der Waals surface area contributed by atoms with E-state index in [-0.39, 0.29) is 18.0 Å². The number of carbonyl (C=O) groups is 2. The topological polar surface area (TPSA) is 111 Å². The molecule has 0 unspecified atom stereocenters. The second-order valence-corrected chi connectivity index (χ2v) is 5.37. The van der Waals surface area contributed by atoms with Crippen LogP contribution in [0.1, 0.15) is 22.8 Å². The SMILES string of the molecule is CCOc1ccc(CNC(=O)CN(N)C(=O)c2ccccc2N)cc1. The number of nitrogens with two attached hydrogens (primary N) is 2. The van der Waals surface area contributed by atoms with Gasteiger partial charge in [-0.3, -0.25) is 14.6 Å². The minimum atomic E-state index is -0.505. The Bertz CT molecular complexity index is 731. The van der Waals surface area contributed by atoms with E-state index >= 15 is 0 Å². The molecule has 7 nitrogen and oxygen atoms in total. The van der Waals surface area contributed by atoms with Crippen LogP contribution in [0.3, 0.4) is 0 Å². The molecule has 0 saturated carbocycles. The highest BCUT2D eigenvalue weighted by Gasteiger charge is 2.17. The summed E-state index contributed by atoms with van der Waals surface area (Å²) in [6.07, 6.45) is 0. The number of ether oxygens (including phenoxy) is 1. The van der Waals surface area contributed by atoms with Crippen LogP contribution in [-0.2, 0) is 11.3 Å². The Morgan fingerprint density at radius 3 is 2.44 bits per heavy atom. The Morgan fingerprint density at radius 1 is 1.12 bits per heavy atom. The predicted molar refractivity (Wildman–Crippen MR) is 95.5 cm³/mol. The molecule has 0 radical (unpaired) electrons. The molecule has 2 aromatic rings. The van der Waals surface area contributed by atoms with Crippen molar-refractivity contribution in [3.05, 3.63) is 59.7 Å². The lowest BCUT2D eigenvalue weighted by atomic mass is 10.1. The van der Waals surface area contributed by atoms with Crippen LogP contribution in [0, 0.1) is 0 Å². The second-order valence-electron chi connectivity index (χ2n) is 5.37. The molecule has 0 bridgehead atoms. The summed E-state index contributed by atoms with van der Waals surface area (Å²) in [5.41, 5.74) is 7.25. The van der Waals surface area contributed by atoms with Crippen molar-refractivity contribution in [2.75, 3.05) is 18.9 Å². The third-order valence-electron chi connectivity index (χ3n) is 3.49. The fourth-order valence-electron chi connectivity index (χ4n) is 2.20. The Balaban J connectivity index is 1.85. The zero-order valence-corrected chi connectivity index (χ0v) is 14.1. The van der Waals surface area contributed by atoms with Crippen molar-refractivity contribution in [1.82, 2.24) is 10.3 Å². The summed E-state index contributed by atoms with van der Waals surface area (Å²) in [5, 5.41) is 3.56. The number of hydrogen-bond acceptors (Lipinski definition) is 5. The number of rotatable bonds is 7. The van der Waals surface area contributed by atoms with Gasteiger partial charge in [-0.2, -0.15) is 0 Å². The number of nitrogens with one attached hydrogen (secondary N) is 1. The summed E-state index contributed by atoms with van der Waals surface area (Å²) in [5.74, 6) is 5.60. The fraction of sp³-hybridized carbons (Fsp3) is 0.222. The fourth-order valence-corrected chi connectivity index (χ4v) is 2.20. The van der Waals surface area contributed by atoms with E-state index in [2.05, 4.69) is 5.32 Å². The van der Waals surface area contributed by atoms with E-state index in [9.17, 15) is 9.59 Å². The minimum Gasteiger partial charge on any atom is -0.494 e. The highest BCUT2D eigenvalue weighted by atomic mass is 16.5. The summed E-state index contributed by atoms with van der Waals surface area (Å²) in [6, 6.07) is 14.0. The number of nitrogen functional groups attached to an aromatic ring is 1. The van der Waals surface area contributed by atoms with E-state index in [0.717, 1.165) is 16.3 Å². The Labute approximate surface area is 146 Å². The molecule has 2 aromatic carbocycles. The number of benzene rings is 2. The van der Waals surface area contributed by atoms with Gasteiger partial charge in [0.25, 0.3) is 5.91 Å². The molecule has 0 atom stereocenters. The van der Waals surface area contributed by atoms with Crippen LogP contribution < -0.4 is 21.6 Å². The normalized spacial score (nSPS) is 10.2. The molecule has 0 fully saturated rings. The number of carbonyl (C=O) groups excluding carboxylic acids is 2. The van der Waals surface area contributed by atoms with Crippen LogP contribution in [0.25, 0.3) is 0 Å². The molecule has 7 heteroatoms. The smallest absolute Gasteiger partial charge is 0.270 e. The first-order valence-electron chi connectivity index (χ1n) is 7.90. The number of anilines is 1. The van der Waals surface area contributed by atoms with E-state index in [0.29, 0.717) is 18.8 Å². The minimum absolute atomic E-state index is 0.260. The summed E-state index contributed by atoms with van der Waals surface area (Å²) in [7, 11) is 0. The highest BCUT2D eigenvalue weighted by Crippen LogP contribution is 2.13. The van der Waals surface area contributed by atoms with Gasteiger partial charge in [-0.25, -0.2) is 5.84 Å². The van der Waals surface area contributed by atoms with E-state index in [1.165, 1.54) is 0 Å². The Hall–Kier alpha value is -3.06. The Kier molecular flexibility index (Phi) is 6.36. The zero-order valence-electron chi connectivity index (χ0n) is 14.1. The third kappa shape index (κ3) is 5.22. The van der Waals surface area contributed by atoms with Gasteiger partial charge in [0.1, 0.15) is 12.3 Å². The molecule has 0 saturated heterocycles. The van der Waals surface area contributed by atoms with E-state index in [1.54, 1.807) is 24.3 Å². The van der Waals surface area contributed by atoms with Gasteiger partial charge < -0.3 is 15.8 Å². The summed E-state index contributed by atoms with van der Waals surface area (Å²) in [4.78, 5) is 24.2. The first-order chi connectivity index (χ1) is 12.0. The average molecular weight is 342 g/mol. The molecule has 132 valence electrons. The van der Waals surface area contributed by atoms with Gasteiger partial charge in [0.05, 0.1) is 12.2 Å². The maximum Gasteiger partial charge on any atom is 0.270 e. The third-order valence-corrected chi connectivity index (χ3v) is 3.49. The second kappa shape index (κ2) is 8.70. The summed E-state index contributed by atoms with van der Waals surface area (Å²) >= 11 is 0. The molecule has 0 aromatic heterocycles. The van der Waals surface area contributed by atoms with Crippen LogP contribution in [0.5, 0.6) is 5.75 Å². The predicted octanol–water partition coefficient (Wildman–Crippen LogP) is 1.30. The molecule has 0 aliphatic rings. The summed E-state index contributed by atoms with van der Waals surface area (Å²) < 4.78 is 5.36. The van der Waals surface area contributed by atoms with E-state index < -0.39 is 5.91 Å². The molecule has 0 aliphatic heterocycles. The highest BCUT2D eigenvalue weighted by molar-refractivity contribution is 6.00. The standard InChI is InChI=1S/C18H22N4O3/c1-2-25-14-9-7-13(8-10-14)11-21-17(23)12-22(20)18(24)15-5-3-4-6-16(15)19/h3-10H,2,11-12,19-20H2,1H3,(H,21,23). The first-order valence-corrected chi connectivity index (χ1v) is 7.90. The van der Waals surface area contributed by atoms with Crippen molar-refractivity contribution in [2.24, 2.45) is 5.84 Å². The molecular formula is C18H22N4O3. The van der Waals surface area contributed by atoms with Gasteiger partial charge in [-0.15, -0.1) is 0 Å². The van der Waals surface area contributed by atoms with Gasteiger partial charge in [-0.05, 0) is 36.8 Å². The van der Waals surface area contributed by atoms with Crippen molar-refractivity contribution in [3.63, 3.8) is 0 Å². The molecule has 0 aliphatic carbocycles. The van der Waals surface area contributed by atoms with Crippen LogP contribution in [0.4, 0.5) is 5.69 Å². The van der Waals surface area contributed by atoms with E-state index in [1.807, 2.05) is 31.2 Å². The monoisotopic (exact) mass is 342 g/mol. The quantitative estimate of drug-likeness (QED) is 0.304. The van der Waals surface area contributed by atoms with Crippen LogP contribution >= 0.6 is 0 Å². The lowest BCUT2D eigenvalue weighted by Gasteiger charge is -2.17. The molecule has 0 spiro atoms. The number of hydrazine groups is 1. The van der Waals surface area contributed by atoms with Crippen molar-refractivity contribution in [3.8, 4) is 5.75 Å². The van der Waals surface area contributed by atoms with Gasteiger partial charge in [0.2, 0.25) is 5.91 Å². The molecule has 2 amide bonds. The Morgan fingerprint density at radius 2 is 1.80 bits per heavy atom. The molecule has 0 heterocycles. The van der Waals surface area contributed by atoms with Crippen molar-refractivity contribution < 1.29 is 14.3 Å². The van der Waals surface area contributed by atoms with Crippen molar-refractivity contribution in [1.29, 1.82) is 0 Å². The van der Waals surface area contributed by atoms with Crippen LogP contribution in [-0.4, -0.2) is 30.0 Å². The lowest BCUT2D eigenvalue weighted by Crippen LogP contribution is -2.44. The number of nitrogens with zero attached hydrogens (tertiary/aromatic N) is 1. The van der Waals surface area contributed by atoms with Gasteiger partial charge >= 0.3 is 0 Å². The van der Waals surface area contributed by atoms with Crippen molar-refractivity contribution in [2.45, 2.75) is 13.5 Å². The molecule has 25 heavy (non-hydrogen) atoms. The van der Waals surface area contributed by atoms with Gasteiger partial charge in [0, 0.05) is 12.2 Å². The van der Waals surface area contributed by atoms with Crippen molar-refractivity contribution >= 4 is 17.5 Å². The molecule has 2 rings (SSSR count). The van der Waals surface area contributed by atoms with Crippen LogP contribution in [0.2, 0.25) is 0 Å². The van der Waals surface area contributed by atoms with Gasteiger partial charge in [-0.1, -0.05) is 24.3 Å².